The monoisotopic (exact) mass is 444 g/mol. The number of benzene rings is 1. The van der Waals surface area contributed by atoms with E-state index in [0.29, 0.717) is 6.42 Å². The summed E-state index contributed by atoms with van der Waals surface area (Å²) < 4.78 is 0. The number of aryl methyl sites for hydroxylation is 1. The van der Waals surface area contributed by atoms with Crippen LogP contribution in [0.25, 0.3) is 10.6 Å². The van der Waals surface area contributed by atoms with Gasteiger partial charge in [0.2, 0.25) is 5.91 Å². The summed E-state index contributed by atoms with van der Waals surface area (Å²) in [5.41, 5.74) is 2.25. The number of nitrogens with one attached hydrogen (secondary N) is 1. The Hall–Kier alpha value is -1.18. The van der Waals surface area contributed by atoms with Crippen LogP contribution in [-0.2, 0) is 4.79 Å². The number of halogens is 2. The van der Waals surface area contributed by atoms with Gasteiger partial charge >= 0.3 is 0 Å². The molecule has 0 bridgehead atoms. The minimum atomic E-state index is 0. The molecule has 1 atom stereocenters. The van der Waals surface area contributed by atoms with Crippen molar-refractivity contribution in [2.75, 3.05) is 39.8 Å². The Balaban J connectivity index is 0.00000196. The molecular weight excluding hydrogens is 415 g/mol. The molecule has 0 saturated carbocycles. The zero-order valence-electron chi connectivity index (χ0n) is 16.7. The summed E-state index contributed by atoms with van der Waals surface area (Å²) >= 11 is 1.75. The molecule has 28 heavy (non-hydrogen) atoms. The average molecular weight is 445 g/mol. The highest BCUT2D eigenvalue weighted by atomic mass is 35.5. The Kier molecular flexibility index (Phi) is 10.4. The number of piperazine rings is 1. The van der Waals surface area contributed by atoms with E-state index in [1.54, 1.807) is 11.3 Å². The van der Waals surface area contributed by atoms with Gasteiger partial charge in [-0.1, -0.05) is 30.3 Å². The van der Waals surface area contributed by atoms with Gasteiger partial charge in [0.15, 0.2) is 0 Å². The molecule has 1 aliphatic rings. The van der Waals surface area contributed by atoms with Crippen LogP contribution in [0.5, 0.6) is 0 Å². The predicted molar refractivity (Wildman–Crippen MR) is 122 cm³/mol. The van der Waals surface area contributed by atoms with Gasteiger partial charge in [0.25, 0.3) is 0 Å². The molecule has 0 aliphatic carbocycles. The number of nitrogens with zero attached hydrogens (tertiary/aromatic N) is 3. The largest absolute Gasteiger partial charge is 0.340 e. The van der Waals surface area contributed by atoms with Crippen LogP contribution in [0.2, 0.25) is 0 Å². The normalized spacial score (nSPS) is 14.9. The molecule has 1 aromatic heterocycles. The van der Waals surface area contributed by atoms with E-state index in [0.717, 1.165) is 49.0 Å². The van der Waals surface area contributed by atoms with Crippen molar-refractivity contribution in [2.24, 2.45) is 0 Å². The Bertz CT molecular complexity index is 735. The molecule has 3 rings (SSSR count). The summed E-state index contributed by atoms with van der Waals surface area (Å²) in [6.07, 6.45) is 0.574. The third-order valence-corrected chi connectivity index (χ3v) is 6.42. The fraction of sp³-hybridized carbons (Fsp3) is 0.500. The molecular formula is C20H30Cl2N4OS. The second-order valence-corrected chi connectivity index (χ2v) is 7.90. The summed E-state index contributed by atoms with van der Waals surface area (Å²) in [5, 5.41) is 4.35. The molecule has 156 valence electrons. The molecule has 1 amide bonds. The number of carbonyl (C=O) groups excluding carboxylic acids is 1. The molecule has 1 aliphatic heterocycles. The van der Waals surface area contributed by atoms with Crippen LogP contribution in [0.15, 0.2) is 30.3 Å². The predicted octanol–water partition coefficient (Wildman–Crippen LogP) is 3.78. The van der Waals surface area contributed by atoms with Gasteiger partial charge in [0.1, 0.15) is 5.01 Å². The van der Waals surface area contributed by atoms with Gasteiger partial charge in [-0.3, -0.25) is 9.69 Å². The van der Waals surface area contributed by atoms with Gasteiger partial charge in [-0.05, 0) is 20.9 Å². The molecule has 8 heteroatoms. The quantitative estimate of drug-likeness (QED) is 0.736. The van der Waals surface area contributed by atoms with Gasteiger partial charge < -0.3 is 10.2 Å². The van der Waals surface area contributed by atoms with E-state index in [1.165, 1.54) is 4.88 Å². The van der Waals surface area contributed by atoms with Crippen LogP contribution < -0.4 is 5.32 Å². The lowest BCUT2D eigenvalue weighted by Crippen LogP contribution is -2.47. The summed E-state index contributed by atoms with van der Waals surface area (Å²) in [6, 6.07) is 10.6. The zero-order valence-corrected chi connectivity index (χ0v) is 19.1. The Labute approximate surface area is 184 Å². The number of hydrogen-bond acceptors (Lipinski definition) is 5. The lowest BCUT2D eigenvalue weighted by Gasteiger charge is -2.29. The van der Waals surface area contributed by atoms with Crippen molar-refractivity contribution in [3.63, 3.8) is 0 Å². The highest BCUT2D eigenvalue weighted by Gasteiger charge is 2.21. The average Bonchev–Trinajstić information content (AvgIpc) is 3.08. The van der Waals surface area contributed by atoms with Crippen LogP contribution in [-0.4, -0.2) is 60.5 Å². The fourth-order valence-electron chi connectivity index (χ4n) is 3.24. The molecule has 1 fully saturated rings. The van der Waals surface area contributed by atoms with Gasteiger partial charge in [-0.15, -0.1) is 36.2 Å². The molecule has 1 N–H and O–H groups in total. The number of rotatable bonds is 6. The molecule has 2 heterocycles. The number of thiazole rings is 1. The van der Waals surface area contributed by atoms with E-state index in [2.05, 4.69) is 43.2 Å². The topological polar surface area (TPSA) is 48.5 Å². The summed E-state index contributed by atoms with van der Waals surface area (Å²) in [7, 11) is 2.09. The van der Waals surface area contributed by atoms with Crippen molar-refractivity contribution in [3.05, 3.63) is 40.9 Å². The van der Waals surface area contributed by atoms with Crippen molar-refractivity contribution in [3.8, 4) is 10.6 Å². The van der Waals surface area contributed by atoms with Gasteiger partial charge in [-0.25, -0.2) is 4.98 Å². The van der Waals surface area contributed by atoms with Crippen LogP contribution in [0.4, 0.5) is 0 Å². The van der Waals surface area contributed by atoms with Crippen LogP contribution in [0, 0.1) is 6.92 Å². The van der Waals surface area contributed by atoms with Crippen molar-refractivity contribution in [1.29, 1.82) is 0 Å². The van der Waals surface area contributed by atoms with Crippen molar-refractivity contribution in [1.82, 2.24) is 20.1 Å². The van der Waals surface area contributed by atoms with Crippen molar-refractivity contribution >= 4 is 42.1 Å². The zero-order chi connectivity index (χ0) is 18.5. The molecule has 1 aromatic carbocycles. The minimum absolute atomic E-state index is 0. The smallest absolute Gasteiger partial charge is 0.223 e. The van der Waals surface area contributed by atoms with Gasteiger partial charge in [0.05, 0.1) is 5.69 Å². The van der Waals surface area contributed by atoms with E-state index < -0.39 is 0 Å². The molecule has 2 aromatic rings. The fourth-order valence-corrected chi connectivity index (χ4v) is 4.43. The summed E-state index contributed by atoms with van der Waals surface area (Å²) in [5.74, 6) is 0.261. The first kappa shape index (κ1) is 24.9. The molecule has 5 nitrogen and oxygen atoms in total. The van der Waals surface area contributed by atoms with E-state index >= 15 is 0 Å². The maximum absolute atomic E-state index is 12.4. The lowest BCUT2D eigenvalue weighted by atomic mass is 10.2. The van der Waals surface area contributed by atoms with E-state index in [1.807, 2.05) is 23.1 Å². The van der Waals surface area contributed by atoms with Gasteiger partial charge in [0, 0.05) is 55.6 Å². The van der Waals surface area contributed by atoms with E-state index in [9.17, 15) is 4.79 Å². The number of amides is 1. The Morgan fingerprint density at radius 3 is 2.54 bits per heavy atom. The SMILES string of the molecule is Cc1nc(-c2ccccc2)sc1C(C)N(C)CCC(=O)N1CCNCC1.Cl.Cl. The van der Waals surface area contributed by atoms with Crippen molar-refractivity contribution in [2.45, 2.75) is 26.3 Å². The molecule has 0 spiro atoms. The first-order chi connectivity index (χ1) is 12.6. The standard InChI is InChI=1S/C20H28N4OS.2ClH/c1-15-19(26-20(22-15)17-7-5-4-6-8-17)16(2)23(3)12-9-18(25)24-13-10-21-11-14-24;;/h4-8,16,21H,9-14H2,1-3H3;2*1H. The molecule has 1 unspecified atom stereocenters. The highest BCUT2D eigenvalue weighted by molar-refractivity contribution is 7.15. The van der Waals surface area contributed by atoms with Gasteiger partial charge in [-0.2, -0.15) is 0 Å². The first-order valence-corrected chi connectivity index (χ1v) is 10.1. The Morgan fingerprint density at radius 1 is 1.25 bits per heavy atom. The molecule has 1 saturated heterocycles. The number of aromatic nitrogens is 1. The Morgan fingerprint density at radius 2 is 1.89 bits per heavy atom. The third-order valence-electron chi connectivity index (χ3n) is 5.04. The lowest BCUT2D eigenvalue weighted by molar-refractivity contribution is -0.132. The summed E-state index contributed by atoms with van der Waals surface area (Å²) in [6.45, 7) is 8.50. The maximum Gasteiger partial charge on any atom is 0.223 e. The highest BCUT2D eigenvalue weighted by Crippen LogP contribution is 2.33. The molecule has 0 radical (unpaired) electrons. The van der Waals surface area contributed by atoms with Crippen LogP contribution in [0.1, 0.15) is 30.0 Å². The second-order valence-electron chi connectivity index (χ2n) is 6.87. The number of hydrogen-bond donors (Lipinski definition) is 1. The van der Waals surface area contributed by atoms with E-state index in [4.69, 9.17) is 4.98 Å². The summed E-state index contributed by atoms with van der Waals surface area (Å²) in [4.78, 5) is 22.7. The first-order valence-electron chi connectivity index (χ1n) is 9.27. The second kappa shape index (κ2) is 11.7. The number of carbonyl (C=O) groups is 1. The minimum Gasteiger partial charge on any atom is -0.340 e. The van der Waals surface area contributed by atoms with Crippen molar-refractivity contribution < 1.29 is 4.79 Å². The van der Waals surface area contributed by atoms with Crippen LogP contribution >= 0.6 is 36.2 Å². The third kappa shape index (κ3) is 6.16. The maximum atomic E-state index is 12.4. The van der Waals surface area contributed by atoms with E-state index in [-0.39, 0.29) is 36.8 Å². The van der Waals surface area contributed by atoms with Crippen LogP contribution in [0.3, 0.4) is 0 Å².